The minimum Gasteiger partial charge on any atom is -0.497 e. The van der Waals surface area contributed by atoms with Gasteiger partial charge in [-0.15, -0.1) is 0 Å². The number of hydrogen-bond acceptors (Lipinski definition) is 3. The molecule has 1 heterocycles. The Morgan fingerprint density at radius 2 is 1.89 bits per heavy atom. The Morgan fingerprint density at radius 3 is 2.44 bits per heavy atom. The molecule has 0 aliphatic carbocycles. The predicted molar refractivity (Wildman–Crippen MR) is 108 cm³/mol. The standard InChI is InChI=1S/C22H34N2O3/c1-16(14-17-9-11-19(27-6)12-10-17)23(5)20(25)18-8-7-13-24(15-18)21(26)22(2,3)4/h9-12,16,18H,7-8,13-15H2,1-6H3/t16-,18+/m0/s1. The molecule has 150 valence electrons. The average molecular weight is 375 g/mol. The Hall–Kier alpha value is -2.04. The number of likely N-dealkylation sites (tertiary alicyclic amines) is 1. The van der Waals surface area contributed by atoms with Crippen LogP contribution < -0.4 is 4.74 Å². The fourth-order valence-corrected chi connectivity index (χ4v) is 3.58. The lowest BCUT2D eigenvalue weighted by atomic mass is 9.90. The van der Waals surface area contributed by atoms with Crippen molar-refractivity contribution in [1.29, 1.82) is 0 Å². The van der Waals surface area contributed by atoms with Crippen molar-refractivity contribution in [3.8, 4) is 5.75 Å². The maximum absolute atomic E-state index is 13.0. The van der Waals surface area contributed by atoms with Crippen molar-refractivity contribution in [2.45, 2.75) is 53.0 Å². The highest BCUT2D eigenvalue weighted by Gasteiger charge is 2.35. The first kappa shape index (κ1) is 21.3. The highest BCUT2D eigenvalue weighted by atomic mass is 16.5. The number of carbonyl (C=O) groups excluding carboxylic acids is 2. The number of likely N-dealkylation sites (N-methyl/N-ethyl adjacent to an activating group) is 1. The number of nitrogens with zero attached hydrogens (tertiary/aromatic N) is 2. The molecule has 0 aromatic heterocycles. The molecular weight excluding hydrogens is 340 g/mol. The van der Waals surface area contributed by atoms with Gasteiger partial charge in [0.1, 0.15) is 5.75 Å². The third kappa shape index (κ3) is 5.47. The van der Waals surface area contributed by atoms with E-state index in [0.29, 0.717) is 6.54 Å². The molecule has 0 unspecified atom stereocenters. The van der Waals surface area contributed by atoms with E-state index in [1.807, 2.05) is 61.9 Å². The van der Waals surface area contributed by atoms with E-state index in [2.05, 4.69) is 6.92 Å². The second kappa shape index (κ2) is 8.77. The molecule has 0 radical (unpaired) electrons. The summed E-state index contributed by atoms with van der Waals surface area (Å²) in [5, 5.41) is 0. The average Bonchev–Trinajstić information content (AvgIpc) is 2.66. The summed E-state index contributed by atoms with van der Waals surface area (Å²) in [6.45, 7) is 9.17. The van der Waals surface area contributed by atoms with Crippen LogP contribution >= 0.6 is 0 Å². The fraction of sp³-hybridized carbons (Fsp3) is 0.636. The molecule has 1 aliphatic heterocycles. The molecule has 2 atom stereocenters. The molecule has 0 saturated carbocycles. The molecular formula is C22H34N2O3. The number of methoxy groups -OCH3 is 1. The van der Waals surface area contributed by atoms with Crippen molar-refractivity contribution in [1.82, 2.24) is 9.80 Å². The van der Waals surface area contributed by atoms with Gasteiger partial charge in [-0.25, -0.2) is 0 Å². The summed E-state index contributed by atoms with van der Waals surface area (Å²) in [6.07, 6.45) is 2.54. The van der Waals surface area contributed by atoms with E-state index >= 15 is 0 Å². The van der Waals surface area contributed by atoms with Crippen LogP contribution in [0.25, 0.3) is 0 Å². The Bertz CT molecular complexity index is 649. The third-order valence-corrected chi connectivity index (χ3v) is 5.40. The molecule has 2 rings (SSSR count). The van der Waals surface area contributed by atoms with Gasteiger partial charge in [0.15, 0.2) is 0 Å². The Labute approximate surface area is 163 Å². The van der Waals surface area contributed by atoms with Crippen LogP contribution in [0.5, 0.6) is 5.75 Å². The van der Waals surface area contributed by atoms with E-state index < -0.39 is 5.41 Å². The fourth-order valence-electron chi connectivity index (χ4n) is 3.58. The topological polar surface area (TPSA) is 49.9 Å². The zero-order valence-corrected chi connectivity index (χ0v) is 17.6. The normalized spacial score (nSPS) is 18.7. The molecule has 0 N–H and O–H groups in total. The van der Waals surface area contributed by atoms with E-state index in [9.17, 15) is 9.59 Å². The second-order valence-electron chi connectivity index (χ2n) is 8.69. The summed E-state index contributed by atoms with van der Waals surface area (Å²) in [4.78, 5) is 29.3. The van der Waals surface area contributed by atoms with E-state index in [1.54, 1.807) is 7.11 Å². The van der Waals surface area contributed by atoms with Crippen LogP contribution in [0, 0.1) is 11.3 Å². The predicted octanol–water partition coefficient (Wildman–Crippen LogP) is 3.37. The molecule has 1 aromatic carbocycles. The zero-order chi connectivity index (χ0) is 20.2. The van der Waals surface area contributed by atoms with Crippen LogP contribution in [-0.2, 0) is 16.0 Å². The smallest absolute Gasteiger partial charge is 0.227 e. The van der Waals surface area contributed by atoms with Crippen LogP contribution in [0.4, 0.5) is 0 Å². The third-order valence-electron chi connectivity index (χ3n) is 5.40. The van der Waals surface area contributed by atoms with Crippen LogP contribution in [0.3, 0.4) is 0 Å². The van der Waals surface area contributed by atoms with Crippen molar-refractivity contribution in [3.63, 3.8) is 0 Å². The van der Waals surface area contributed by atoms with Crippen LogP contribution in [-0.4, -0.2) is 54.9 Å². The summed E-state index contributed by atoms with van der Waals surface area (Å²) in [7, 11) is 3.53. The summed E-state index contributed by atoms with van der Waals surface area (Å²) in [5.74, 6) is 1.01. The number of hydrogen-bond donors (Lipinski definition) is 0. The molecule has 1 fully saturated rings. The largest absolute Gasteiger partial charge is 0.497 e. The minimum atomic E-state index is -0.404. The molecule has 1 aliphatic rings. The SMILES string of the molecule is COc1ccc(C[C@H](C)N(C)C(=O)[C@@H]2CCCN(C(=O)C(C)(C)C)C2)cc1. The second-order valence-corrected chi connectivity index (χ2v) is 8.69. The molecule has 1 aromatic rings. The van der Waals surface area contributed by atoms with Crippen molar-refractivity contribution in [2.75, 3.05) is 27.2 Å². The van der Waals surface area contributed by atoms with Crippen LogP contribution in [0.1, 0.15) is 46.1 Å². The Balaban J connectivity index is 1.97. The van der Waals surface area contributed by atoms with Gasteiger partial charge in [0, 0.05) is 31.6 Å². The zero-order valence-electron chi connectivity index (χ0n) is 17.6. The molecule has 27 heavy (non-hydrogen) atoms. The van der Waals surface area contributed by atoms with Gasteiger partial charge < -0.3 is 14.5 Å². The summed E-state index contributed by atoms with van der Waals surface area (Å²) in [5.41, 5.74) is 0.773. The van der Waals surface area contributed by atoms with E-state index in [4.69, 9.17) is 4.74 Å². The first-order valence-corrected chi connectivity index (χ1v) is 9.82. The van der Waals surface area contributed by atoms with Gasteiger partial charge in [-0.05, 0) is 43.9 Å². The first-order valence-electron chi connectivity index (χ1n) is 9.82. The lowest BCUT2D eigenvalue weighted by Gasteiger charge is -2.38. The van der Waals surface area contributed by atoms with Crippen molar-refractivity contribution < 1.29 is 14.3 Å². The molecule has 0 spiro atoms. The molecule has 2 amide bonds. The van der Waals surface area contributed by atoms with Crippen LogP contribution in [0.15, 0.2) is 24.3 Å². The van der Waals surface area contributed by atoms with Gasteiger partial charge in [-0.1, -0.05) is 32.9 Å². The number of benzene rings is 1. The van der Waals surface area contributed by atoms with Crippen molar-refractivity contribution in [2.24, 2.45) is 11.3 Å². The van der Waals surface area contributed by atoms with Gasteiger partial charge in [0.05, 0.1) is 13.0 Å². The van der Waals surface area contributed by atoms with Crippen molar-refractivity contribution >= 4 is 11.8 Å². The quantitative estimate of drug-likeness (QED) is 0.794. The monoisotopic (exact) mass is 374 g/mol. The number of rotatable bonds is 5. The van der Waals surface area contributed by atoms with Gasteiger partial charge in [0.25, 0.3) is 0 Å². The number of amides is 2. The lowest BCUT2D eigenvalue weighted by molar-refractivity contribution is -0.145. The minimum absolute atomic E-state index is 0.0968. The maximum Gasteiger partial charge on any atom is 0.227 e. The summed E-state index contributed by atoms with van der Waals surface area (Å²) >= 11 is 0. The maximum atomic E-state index is 13.0. The van der Waals surface area contributed by atoms with Gasteiger partial charge in [-0.2, -0.15) is 0 Å². The molecule has 0 bridgehead atoms. The van der Waals surface area contributed by atoms with Crippen LogP contribution in [0.2, 0.25) is 0 Å². The first-order chi connectivity index (χ1) is 12.6. The van der Waals surface area contributed by atoms with Gasteiger partial charge >= 0.3 is 0 Å². The molecule has 5 heteroatoms. The van der Waals surface area contributed by atoms with E-state index in [-0.39, 0.29) is 23.8 Å². The van der Waals surface area contributed by atoms with E-state index in [0.717, 1.165) is 31.6 Å². The highest BCUT2D eigenvalue weighted by molar-refractivity contribution is 5.84. The van der Waals surface area contributed by atoms with Gasteiger partial charge in [-0.3, -0.25) is 9.59 Å². The lowest BCUT2D eigenvalue weighted by Crippen LogP contribution is -2.50. The molecule has 1 saturated heterocycles. The number of ether oxygens (including phenoxy) is 1. The Morgan fingerprint density at radius 1 is 1.26 bits per heavy atom. The summed E-state index contributed by atoms with van der Waals surface area (Å²) < 4.78 is 5.20. The van der Waals surface area contributed by atoms with Gasteiger partial charge in [0.2, 0.25) is 11.8 Å². The number of piperidine rings is 1. The summed E-state index contributed by atoms with van der Waals surface area (Å²) in [6, 6.07) is 8.07. The van der Waals surface area contributed by atoms with E-state index in [1.165, 1.54) is 5.56 Å². The highest BCUT2D eigenvalue weighted by Crippen LogP contribution is 2.25. The number of carbonyl (C=O) groups is 2. The Kier molecular flexibility index (Phi) is 6.90. The molecule has 5 nitrogen and oxygen atoms in total. The van der Waals surface area contributed by atoms with Crippen molar-refractivity contribution in [3.05, 3.63) is 29.8 Å².